The van der Waals surface area contributed by atoms with Crippen molar-refractivity contribution in [1.82, 2.24) is 15.2 Å². The Kier molecular flexibility index (Phi) is 8.55. The molecule has 2 N–H and O–H groups in total. The van der Waals surface area contributed by atoms with Crippen molar-refractivity contribution in [1.29, 1.82) is 0 Å². The number of aromatic nitrogens is 1. The zero-order valence-corrected chi connectivity index (χ0v) is 23.9. The van der Waals surface area contributed by atoms with Crippen molar-refractivity contribution >= 4 is 27.5 Å². The summed E-state index contributed by atoms with van der Waals surface area (Å²) in [6.45, 7) is 2.61. The van der Waals surface area contributed by atoms with Gasteiger partial charge in [0.1, 0.15) is 18.5 Å². The van der Waals surface area contributed by atoms with Crippen molar-refractivity contribution < 1.29 is 27.5 Å². The molecule has 3 aromatic rings. The van der Waals surface area contributed by atoms with Crippen LogP contribution in [-0.4, -0.2) is 68.6 Å². The van der Waals surface area contributed by atoms with E-state index in [0.717, 1.165) is 17.5 Å². The van der Waals surface area contributed by atoms with Gasteiger partial charge in [0.15, 0.2) is 0 Å². The highest BCUT2D eigenvalue weighted by Gasteiger charge is 2.39. The minimum absolute atomic E-state index is 0.0790. The van der Waals surface area contributed by atoms with E-state index in [1.165, 1.54) is 18.2 Å². The molecule has 2 amide bonds. The third kappa shape index (κ3) is 6.86. The number of carbonyl (C=O) groups excluding carboxylic acids is 2. The summed E-state index contributed by atoms with van der Waals surface area (Å²) >= 11 is 0. The Morgan fingerprint density at radius 1 is 1.07 bits per heavy atom. The summed E-state index contributed by atoms with van der Waals surface area (Å²) in [4.78, 5) is 31.8. The van der Waals surface area contributed by atoms with Crippen LogP contribution in [0.2, 0.25) is 0 Å². The summed E-state index contributed by atoms with van der Waals surface area (Å²) < 4.78 is 40.6. The van der Waals surface area contributed by atoms with E-state index < -0.39 is 16.1 Å². The Morgan fingerprint density at radius 3 is 2.59 bits per heavy atom. The number of carbonyl (C=O) groups is 2. The number of likely N-dealkylation sites (N-methyl/N-ethyl adjacent to an activating group) is 1. The number of ether oxygens (including phenoxy) is 2. The van der Waals surface area contributed by atoms with E-state index in [2.05, 4.69) is 15.0 Å². The van der Waals surface area contributed by atoms with Crippen LogP contribution >= 0.6 is 0 Å². The molecule has 1 fully saturated rings. The quantitative estimate of drug-likeness (QED) is 0.420. The third-order valence-electron chi connectivity index (χ3n) is 7.49. The van der Waals surface area contributed by atoms with Gasteiger partial charge in [-0.25, -0.2) is 8.42 Å². The standard InChI is InChI=1S/C30H34N4O6S/c1-20-3-7-24(8-4-20)41(37,38)33-22-5-10-27-25(17-22)30(36)34(2)26-9-6-23(40-28(26)19-39-27)18-29(35)32-16-13-21-11-14-31-15-12-21/h3-5,7-8,10-12,14-15,17,23,26,28,33H,6,9,13,16,18-19H2,1-2H3,(H,32,35)/t23-,26-,28+/m1/s1. The number of hydrogen-bond acceptors (Lipinski definition) is 7. The smallest absolute Gasteiger partial charge is 0.261 e. The second kappa shape index (κ2) is 12.3. The minimum atomic E-state index is -3.83. The molecular formula is C30H34N4O6S. The lowest BCUT2D eigenvalue weighted by Gasteiger charge is -2.42. The number of fused-ring (bicyclic) bond motifs is 2. The summed E-state index contributed by atoms with van der Waals surface area (Å²) in [5, 5.41) is 2.95. The molecule has 1 saturated heterocycles. The molecule has 0 unspecified atom stereocenters. The van der Waals surface area contributed by atoms with Gasteiger partial charge in [-0.3, -0.25) is 19.3 Å². The minimum Gasteiger partial charge on any atom is -0.490 e. The molecule has 2 aliphatic rings. The Morgan fingerprint density at radius 2 is 1.83 bits per heavy atom. The molecule has 0 radical (unpaired) electrons. The Labute approximate surface area is 240 Å². The zero-order valence-electron chi connectivity index (χ0n) is 23.1. The van der Waals surface area contributed by atoms with Crippen LogP contribution in [0.15, 0.2) is 71.9 Å². The van der Waals surface area contributed by atoms with Crippen molar-refractivity contribution in [3.05, 3.63) is 83.7 Å². The van der Waals surface area contributed by atoms with Crippen molar-refractivity contribution in [2.75, 3.05) is 24.9 Å². The van der Waals surface area contributed by atoms with Crippen LogP contribution in [0.25, 0.3) is 0 Å². The van der Waals surface area contributed by atoms with Crippen LogP contribution in [0.3, 0.4) is 0 Å². The van der Waals surface area contributed by atoms with Crippen molar-refractivity contribution in [2.45, 2.75) is 55.8 Å². The maximum absolute atomic E-state index is 13.5. The van der Waals surface area contributed by atoms with E-state index in [1.54, 1.807) is 48.6 Å². The average Bonchev–Trinajstić information content (AvgIpc) is 2.96. The number of rotatable bonds is 8. The summed E-state index contributed by atoms with van der Waals surface area (Å²) in [6.07, 6.45) is 5.01. The molecule has 0 saturated carbocycles. The molecule has 3 heterocycles. The molecule has 11 heteroatoms. The van der Waals surface area contributed by atoms with Gasteiger partial charge in [0.2, 0.25) is 5.91 Å². The number of sulfonamides is 1. The van der Waals surface area contributed by atoms with Gasteiger partial charge < -0.3 is 19.7 Å². The van der Waals surface area contributed by atoms with Gasteiger partial charge in [-0.15, -0.1) is 0 Å². The molecule has 2 aromatic carbocycles. The van der Waals surface area contributed by atoms with E-state index in [9.17, 15) is 18.0 Å². The number of nitrogens with zero attached hydrogens (tertiary/aromatic N) is 2. The van der Waals surface area contributed by atoms with Crippen molar-refractivity contribution in [2.24, 2.45) is 0 Å². The van der Waals surface area contributed by atoms with Gasteiger partial charge in [0.05, 0.1) is 29.0 Å². The SMILES string of the molecule is Cc1ccc(S(=O)(=O)Nc2ccc3c(c2)C(=O)N(C)[C@@H]2CC[C@H](CC(=O)NCCc4ccncc4)O[C@H]2CO3)cc1. The Balaban J connectivity index is 1.21. The maximum atomic E-state index is 13.5. The number of hydrogen-bond donors (Lipinski definition) is 2. The Hall–Kier alpha value is -3.96. The predicted molar refractivity (Wildman–Crippen MR) is 153 cm³/mol. The highest BCUT2D eigenvalue weighted by molar-refractivity contribution is 7.92. The zero-order chi connectivity index (χ0) is 29.0. The number of aryl methyl sites for hydroxylation is 1. The predicted octanol–water partition coefficient (Wildman–Crippen LogP) is 3.32. The first-order valence-electron chi connectivity index (χ1n) is 13.6. The van der Waals surface area contributed by atoms with Crippen LogP contribution in [0, 0.1) is 6.92 Å². The largest absolute Gasteiger partial charge is 0.490 e. The van der Waals surface area contributed by atoms with Crippen molar-refractivity contribution in [3.63, 3.8) is 0 Å². The van der Waals surface area contributed by atoms with Crippen LogP contribution in [0.4, 0.5) is 5.69 Å². The molecule has 5 rings (SSSR count). The Bertz CT molecular complexity index is 1500. The van der Waals surface area contributed by atoms with Gasteiger partial charge in [-0.05, 0) is 74.2 Å². The molecule has 0 aliphatic carbocycles. The summed E-state index contributed by atoms with van der Waals surface area (Å²) in [5.74, 6) is -0.0233. The fourth-order valence-corrected chi connectivity index (χ4v) is 6.25. The number of pyridine rings is 1. The van der Waals surface area contributed by atoms with Gasteiger partial charge in [-0.1, -0.05) is 17.7 Å². The lowest BCUT2D eigenvalue weighted by atomic mass is 9.94. The van der Waals surface area contributed by atoms with Gasteiger partial charge in [0, 0.05) is 31.7 Å². The first kappa shape index (κ1) is 28.6. The number of anilines is 1. The van der Waals surface area contributed by atoms with Crippen molar-refractivity contribution in [3.8, 4) is 5.75 Å². The van der Waals surface area contributed by atoms with Crippen LogP contribution in [0.1, 0.15) is 40.7 Å². The molecule has 2 aliphatic heterocycles. The van der Waals surface area contributed by atoms with Crippen LogP contribution < -0.4 is 14.8 Å². The molecule has 10 nitrogen and oxygen atoms in total. The lowest BCUT2D eigenvalue weighted by molar-refractivity contribution is -0.134. The fraction of sp³-hybridized carbons (Fsp3) is 0.367. The maximum Gasteiger partial charge on any atom is 0.261 e. The second-order valence-electron chi connectivity index (χ2n) is 10.5. The molecule has 3 atom stereocenters. The van der Waals surface area contributed by atoms with E-state index >= 15 is 0 Å². The normalized spacial score (nSPS) is 20.6. The monoisotopic (exact) mass is 578 g/mol. The molecular weight excluding hydrogens is 544 g/mol. The number of amides is 2. The first-order chi connectivity index (χ1) is 19.7. The first-order valence-corrected chi connectivity index (χ1v) is 15.1. The van der Waals surface area contributed by atoms with E-state index in [-0.39, 0.29) is 53.1 Å². The highest BCUT2D eigenvalue weighted by atomic mass is 32.2. The highest BCUT2D eigenvalue weighted by Crippen LogP contribution is 2.33. The van der Waals surface area contributed by atoms with Gasteiger partial charge in [0.25, 0.3) is 15.9 Å². The topological polar surface area (TPSA) is 127 Å². The number of benzene rings is 2. The molecule has 0 bridgehead atoms. The van der Waals surface area contributed by atoms with Crippen LogP contribution in [0.5, 0.6) is 5.75 Å². The summed E-state index contributed by atoms with van der Waals surface area (Å²) in [6, 6.07) is 14.8. The average molecular weight is 579 g/mol. The molecule has 1 aromatic heterocycles. The summed E-state index contributed by atoms with van der Waals surface area (Å²) in [7, 11) is -2.11. The lowest BCUT2D eigenvalue weighted by Crippen LogP contribution is -2.54. The number of nitrogens with one attached hydrogen (secondary N) is 2. The van der Waals surface area contributed by atoms with E-state index in [1.807, 2.05) is 19.1 Å². The summed E-state index contributed by atoms with van der Waals surface area (Å²) in [5.41, 5.74) is 2.59. The van der Waals surface area contributed by atoms with Gasteiger partial charge >= 0.3 is 0 Å². The van der Waals surface area contributed by atoms with Crippen LogP contribution in [-0.2, 0) is 26.0 Å². The fourth-order valence-electron chi connectivity index (χ4n) is 5.20. The van der Waals surface area contributed by atoms with E-state index in [0.29, 0.717) is 25.1 Å². The van der Waals surface area contributed by atoms with Gasteiger partial charge in [-0.2, -0.15) is 0 Å². The molecule has 41 heavy (non-hydrogen) atoms. The molecule has 0 spiro atoms. The molecule has 216 valence electrons. The third-order valence-corrected chi connectivity index (χ3v) is 8.89. The second-order valence-corrected chi connectivity index (χ2v) is 12.1. The van der Waals surface area contributed by atoms with E-state index in [4.69, 9.17) is 9.47 Å².